The predicted molar refractivity (Wildman–Crippen MR) is 86.4 cm³/mol. The summed E-state index contributed by atoms with van der Waals surface area (Å²) < 4.78 is 10.6. The molecule has 0 saturated carbocycles. The zero-order chi connectivity index (χ0) is 15.2. The molecule has 0 aliphatic carbocycles. The van der Waals surface area contributed by atoms with Gasteiger partial charge < -0.3 is 20.5 Å². The van der Waals surface area contributed by atoms with Crippen LogP contribution in [0.15, 0.2) is 42.5 Å². The number of anilines is 1. The minimum absolute atomic E-state index is 0.152. The molecule has 0 bridgehead atoms. The lowest BCUT2D eigenvalue weighted by molar-refractivity contribution is 0.407. The van der Waals surface area contributed by atoms with Crippen LogP contribution in [0.1, 0.15) is 11.6 Å². The van der Waals surface area contributed by atoms with E-state index in [-0.39, 0.29) is 6.04 Å². The molecule has 21 heavy (non-hydrogen) atoms. The second-order valence-electron chi connectivity index (χ2n) is 4.52. The number of halogens is 1. The summed E-state index contributed by atoms with van der Waals surface area (Å²) in [6, 6.07) is 13.1. The van der Waals surface area contributed by atoms with Crippen molar-refractivity contribution in [2.75, 3.05) is 26.1 Å². The van der Waals surface area contributed by atoms with Gasteiger partial charge in [0.2, 0.25) is 0 Å². The Hall–Kier alpha value is -1.91. The van der Waals surface area contributed by atoms with Crippen LogP contribution in [-0.2, 0) is 0 Å². The summed E-state index contributed by atoms with van der Waals surface area (Å²) in [6.45, 7) is 0.386. The number of nitrogens with one attached hydrogen (secondary N) is 1. The second-order valence-corrected chi connectivity index (χ2v) is 4.93. The molecule has 0 aliphatic heterocycles. The third-order valence-corrected chi connectivity index (χ3v) is 3.56. The van der Waals surface area contributed by atoms with Gasteiger partial charge >= 0.3 is 0 Å². The summed E-state index contributed by atoms with van der Waals surface area (Å²) in [5, 5.41) is 3.99. The number of hydrogen-bond donors (Lipinski definition) is 2. The fourth-order valence-corrected chi connectivity index (χ4v) is 2.49. The quantitative estimate of drug-likeness (QED) is 0.858. The van der Waals surface area contributed by atoms with Crippen molar-refractivity contribution in [3.05, 3.63) is 53.1 Å². The van der Waals surface area contributed by atoms with Crippen LogP contribution in [0.2, 0.25) is 5.02 Å². The summed E-state index contributed by atoms with van der Waals surface area (Å²) in [4.78, 5) is 0. The Morgan fingerprint density at radius 3 is 2.57 bits per heavy atom. The summed E-state index contributed by atoms with van der Waals surface area (Å²) in [5.41, 5.74) is 7.67. The molecule has 0 saturated heterocycles. The Balaban J connectivity index is 2.32. The van der Waals surface area contributed by atoms with Crippen molar-refractivity contribution in [2.24, 2.45) is 5.73 Å². The molecule has 0 heterocycles. The van der Waals surface area contributed by atoms with Crippen molar-refractivity contribution in [1.82, 2.24) is 0 Å². The van der Waals surface area contributed by atoms with Crippen LogP contribution in [0.5, 0.6) is 11.5 Å². The third kappa shape index (κ3) is 3.60. The highest BCUT2D eigenvalue weighted by Gasteiger charge is 2.18. The topological polar surface area (TPSA) is 56.5 Å². The smallest absolute Gasteiger partial charge is 0.125 e. The first kappa shape index (κ1) is 15.5. The molecule has 2 rings (SSSR count). The number of methoxy groups -OCH3 is 2. The van der Waals surface area contributed by atoms with E-state index in [2.05, 4.69) is 5.32 Å². The van der Waals surface area contributed by atoms with Crippen LogP contribution in [0, 0.1) is 0 Å². The van der Waals surface area contributed by atoms with E-state index in [1.807, 2.05) is 42.5 Å². The molecule has 1 atom stereocenters. The van der Waals surface area contributed by atoms with Crippen molar-refractivity contribution in [2.45, 2.75) is 6.04 Å². The normalized spacial score (nSPS) is 11.8. The van der Waals surface area contributed by atoms with E-state index in [0.717, 1.165) is 17.0 Å². The van der Waals surface area contributed by atoms with Gasteiger partial charge in [-0.25, -0.2) is 0 Å². The molecule has 2 aromatic carbocycles. The Labute approximate surface area is 129 Å². The molecule has 112 valence electrons. The van der Waals surface area contributed by atoms with Crippen LogP contribution in [0.3, 0.4) is 0 Å². The molecule has 1 unspecified atom stereocenters. The molecular weight excluding hydrogens is 288 g/mol. The van der Waals surface area contributed by atoms with Gasteiger partial charge in [-0.2, -0.15) is 0 Å². The van der Waals surface area contributed by atoms with Gasteiger partial charge in [0.15, 0.2) is 0 Å². The van der Waals surface area contributed by atoms with Gasteiger partial charge in [0.1, 0.15) is 11.5 Å². The van der Waals surface area contributed by atoms with E-state index >= 15 is 0 Å². The van der Waals surface area contributed by atoms with Gasteiger partial charge in [-0.15, -0.1) is 0 Å². The number of hydrogen-bond acceptors (Lipinski definition) is 4. The van der Waals surface area contributed by atoms with Gasteiger partial charge in [-0.3, -0.25) is 0 Å². The van der Waals surface area contributed by atoms with Crippen LogP contribution < -0.4 is 20.5 Å². The average molecular weight is 307 g/mol. The minimum Gasteiger partial charge on any atom is -0.497 e. The van der Waals surface area contributed by atoms with Gasteiger partial charge in [-0.1, -0.05) is 23.7 Å². The van der Waals surface area contributed by atoms with E-state index in [1.165, 1.54) is 0 Å². The first-order chi connectivity index (χ1) is 10.2. The monoisotopic (exact) mass is 306 g/mol. The Morgan fingerprint density at radius 2 is 1.90 bits per heavy atom. The zero-order valence-electron chi connectivity index (χ0n) is 12.1. The fraction of sp³-hybridized carbons (Fsp3) is 0.250. The Morgan fingerprint density at radius 1 is 1.14 bits per heavy atom. The van der Waals surface area contributed by atoms with Crippen molar-refractivity contribution < 1.29 is 9.47 Å². The van der Waals surface area contributed by atoms with E-state index in [4.69, 9.17) is 26.8 Å². The molecular formula is C16H19ClN2O2. The minimum atomic E-state index is -0.152. The summed E-state index contributed by atoms with van der Waals surface area (Å²) in [7, 11) is 3.25. The molecule has 0 aliphatic rings. The number of rotatable bonds is 6. The Bertz CT molecular complexity index is 605. The highest BCUT2D eigenvalue weighted by atomic mass is 35.5. The number of nitrogens with two attached hydrogens (primary N) is 1. The second kappa shape index (κ2) is 7.20. The molecule has 5 heteroatoms. The van der Waals surface area contributed by atoms with Gasteiger partial charge in [0.05, 0.1) is 20.3 Å². The number of ether oxygens (including phenoxy) is 2. The molecule has 4 nitrogen and oxygen atoms in total. The van der Waals surface area contributed by atoms with Crippen LogP contribution in [0.4, 0.5) is 5.69 Å². The van der Waals surface area contributed by atoms with Gasteiger partial charge in [0, 0.05) is 28.9 Å². The highest BCUT2D eigenvalue weighted by molar-refractivity contribution is 6.31. The molecule has 0 radical (unpaired) electrons. The van der Waals surface area contributed by atoms with Gasteiger partial charge in [-0.05, 0) is 24.3 Å². The largest absolute Gasteiger partial charge is 0.497 e. The fourth-order valence-electron chi connectivity index (χ4n) is 2.20. The van der Waals surface area contributed by atoms with Crippen molar-refractivity contribution in [1.29, 1.82) is 0 Å². The van der Waals surface area contributed by atoms with Crippen LogP contribution in [-0.4, -0.2) is 20.8 Å². The zero-order valence-corrected chi connectivity index (χ0v) is 12.9. The maximum Gasteiger partial charge on any atom is 0.125 e. The van der Waals surface area contributed by atoms with Crippen LogP contribution >= 0.6 is 11.6 Å². The highest BCUT2D eigenvalue weighted by Crippen LogP contribution is 2.34. The molecule has 0 fully saturated rings. The van der Waals surface area contributed by atoms with E-state index in [1.54, 1.807) is 14.2 Å². The predicted octanol–water partition coefficient (Wildman–Crippen LogP) is 3.47. The molecule has 0 amide bonds. The molecule has 2 aromatic rings. The molecule has 0 aromatic heterocycles. The van der Waals surface area contributed by atoms with E-state index in [9.17, 15) is 0 Å². The first-order valence-corrected chi connectivity index (χ1v) is 7.00. The summed E-state index contributed by atoms with van der Waals surface area (Å²) in [6.07, 6.45) is 0. The van der Waals surface area contributed by atoms with Gasteiger partial charge in [0.25, 0.3) is 0 Å². The summed E-state index contributed by atoms with van der Waals surface area (Å²) >= 11 is 6.31. The lowest BCUT2D eigenvalue weighted by Gasteiger charge is -2.22. The number of benzene rings is 2. The van der Waals surface area contributed by atoms with Crippen molar-refractivity contribution in [3.63, 3.8) is 0 Å². The van der Waals surface area contributed by atoms with E-state index < -0.39 is 0 Å². The van der Waals surface area contributed by atoms with Crippen molar-refractivity contribution in [3.8, 4) is 11.5 Å². The third-order valence-electron chi connectivity index (χ3n) is 3.23. The average Bonchev–Trinajstić information content (AvgIpc) is 2.53. The lowest BCUT2D eigenvalue weighted by Crippen LogP contribution is -2.21. The molecule has 0 spiro atoms. The molecule has 3 N–H and O–H groups in total. The maximum atomic E-state index is 6.31. The first-order valence-electron chi connectivity index (χ1n) is 6.62. The maximum absolute atomic E-state index is 6.31. The lowest BCUT2D eigenvalue weighted by atomic mass is 10.0. The van der Waals surface area contributed by atoms with E-state index in [0.29, 0.717) is 17.3 Å². The van der Waals surface area contributed by atoms with Crippen molar-refractivity contribution >= 4 is 17.3 Å². The SMILES string of the molecule is COc1cccc(NC(CN)c2c(Cl)cccc2OC)c1. The summed E-state index contributed by atoms with van der Waals surface area (Å²) in [5.74, 6) is 1.50. The Kier molecular flexibility index (Phi) is 5.31. The standard InChI is InChI=1S/C16H19ClN2O2/c1-20-12-6-3-5-11(9-12)19-14(10-18)16-13(17)7-4-8-15(16)21-2/h3-9,14,19H,10,18H2,1-2H3. The van der Waals surface area contributed by atoms with Crippen LogP contribution in [0.25, 0.3) is 0 Å².